The molecule has 6 nitrogen and oxygen atoms in total. The summed E-state index contributed by atoms with van der Waals surface area (Å²) < 4.78 is 16.7. The van der Waals surface area contributed by atoms with Gasteiger partial charge < -0.3 is 24.8 Å². The highest BCUT2D eigenvalue weighted by atomic mass is 16.7. The quantitative estimate of drug-likeness (QED) is 0.813. The van der Waals surface area contributed by atoms with E-state index < -0.39 is 0 Å². The van der Waals surface area contributed by atoms with Crippen LogP contribution in [0.5, 0.6) is 17.2 Å². The molecule has 1 fully saturated rings. The van der Waals surface area contributed by atoms with Gasteiger partial charge in [0.2, 0.25) is 6.79 Å². The first-order valence-electron chi connectivity index (χ1n) is 9.94. The molecule has 2 aromatic rings. The zero-order valence-corrected chi connectivity index (χ0v) is 16.3. The van der Waals surface area contributed by atoms with Crippen LogP contribution in [0.15, 0.2) is 43.0 Å². The third kappa shape index (κ3) is 2.95. The first kappa shape index (κ1) is 18.1. The standard InChI is InChI=1S/C23H24N2O4/c1-15(17-3-5-20-21(11-17)29-14-28-20)22(26)25-8-6-23(7-9-25)13-27-19-4-2-16(12-24)10-18(19)23/h2-5,10-11H,1,6-9,12-14,24H2. The number of nitrogens with two attached hydrogens (primary N) is 1. The molecule has 5 rings (SSSR count). The van der Waals surface area contributed by atoms with Gasteiger partial charge in [-0.25, -0.2) is 0 Å². The number of hydrogen-bond acceptors (Lipinski definition) is 5. The van der Waals surface area contributed by atoms with E-state index in [-0.39, 0.29) is 18.1 Å². The van der Waals surface area contributed by atoms with Gasteiger partial charge in [0.1, 0.15) is 5.75 Å². The van der Waals surface area contributed by atoms with Gasteiger partial charge in [-0.15, -0.1) is 0 Å². The van der Waals surface area contributed by atoms with Gasteiger partial charge in [-0.1, -0.05) is 24.8 Å². The van der Waals surface area contributed by atoms with Crippen molar-refractivity contribution in [3.8, 4) is 17.2 Å². The summed E-state index contributed by atoms with van der Waals surface area (Å²) in [6.07, 6.45) is 1.74. The number of likely N-dealkylation sites (tertiary alicyclic amines) is 1. The highest BCUT2D eigenvalue weighted by molar-refractivity contribution is 6.18. The lowest BCUT2D eigenvalue weighted by atomic mass is 9.74. The monoisotopic (exact) mass is 392 g/mol. The second-order valence-corrected chi connectivity index (χ2v) is 7.94. The number of nitrogens with zero attached hydrogens (tertiary/aromatic N) is 1. The molecule has 150 valence electrons. The number of hydrogen-bond donors (Lipinski definition) is 1. The molecule has 0 atom stereocenters. The van der Waals surface area contributed by atoms with Gasteiger partial charge in [0.15, 0.2) is 11.5 Å². The van der Waals surface area contributed by atoms with Gasteiger partial charge in [-0.3, -0.25) is 4.79 Å². The van der Waals surface area contributed by atoms with Crippen LogP contribution in [0.2, 0.25) is 0 Å². The second-order valence-electron chi connectivity index (χ2n) is 7.94. The maximum absolute atomic E-state index is 13.1. The van der Waals surface area contributed by atoms with E-state index in [0.29, 0.717) is 43.3 Å². The lowest BCUT2D eigenvalue weighted by molar-refractivity contribution is -0.126. The normalized spacial score (nSPS) is 18.4. The van der Waals surface area contributed by atoms with Gasteiger partial charge in [0, 0.05) is 36.2 Å². The Morgan fingerprint density at radius 1 is 1.03 bits per heavy atom. The van der Waals surface area contributed by atoms with E-state index in [0.717, 1.165) is 29.7 Å². The van der Waals surface area contributed by atoms with E-state index in [2.05, 4.69) is 12.6 Å². The minimum absolute atomic E-state index is 0.0304. The molecule has 0 radical (unpaired) electrons. The molecule has 3 aliphatic rings. The fourth-order valence-corrected chi connectivity index (χ4v) is 4.49. The van der Waals surface area contributed by atoms with E-state index in [9.17, 15) is 4.79 Å². The molecule has 3 heterocycles. The zero-order chi connectivity index (χ0) is 20.0. The first-order chi connectivity index (χ1) is 14.1. The molecule has 3 aliphatic heterocycles. The fourth-order valence-electron chi connectivity index (χ4n) is 4.49. The van der Waals surface area contributed by atoms with E-state index in [1.54, 1.807) is 0 Å². The highest BCUT2D eigenvalue weighted by Crippen LogP contribution is 2.46. The molecule has 0 saturated carbocycles. The molecular weight excluding hydrogens is 368 g/mol. The number of rotatable bonds is 3. The third-order valence-corrected chi connectivity index (χ3v) is 6.34. The van der Waals surface area contributed by atoms with Gasteiger partial charge in [-0.05, 0) is 42.2 Å². The molecule has 1 amide bonds. The maximum Gasteiger partial charge on any atom is 0.253 e. The molecule has 0 bridgehead atoms. The lowest BCUT2D eigenvalue weighted by Crippen LogP contribution is -2.46. The summed E-state index contributed by atoms with van der Waals surface area (Å²) >= 11 is 0. The maximum atomic E-state index is 13.1. The molecule has 6 heteroatoms. The summed E-state index contributed by atoms with van der Waals surface area (Å²) in [5.74, 6) is 2.27. The third-order valence-electron chi connectivity index (χ3n) is 6.34. The van der Waals surface area contributed by atoms with Gasteiger partial charge in [0.05, 0.1) is 6.61 Å². The van der Waals surface area contributed by atoms with Crippen molar-refractivity contribution in [3.05, 3.63) is 59.7 Å². The summed E-state index contributed by atoms with van der Waals surface area (Å²) in [6, 6.07) is 11.7. The molecule has 0 aliphatic carbocycles. The number of ether oxygens (including phenoxy) is 3. The number of fused-ring (bicyclic) bond motifs is 3. The van der Waals surface area contributed by atoms with Crippen LogP contribution in [-0.2, 0) is 16.8 Å². The number of piperidine rings is 1. The molecule has 29 heavy (non-hydrogen) atoms. The summed E-state index contributed by atoms with van der Waals surface area (Å²) in [5, 5.41) is 0. The van der Waals surface area contributed by atoms with Gasteiger partial charge in [0.25, 0.3) is 5.91 Å². The average Bonchev–Trinajstić information content (AvgIpc) is 3.37. The molecule has 1 spiro atoms. The van der Waals surface area contributed by atoms with Crippen molar-refractivity contribution in [1.82, 2.24) is 4.90 Å². The van der Waals surface area contributed by atoms with Gasteiger partial charge in [-0.2, -0.15) is 0 Å². The SMILES string of the molecule is C=C(C(=O)N1CCC2(CC1)COc1ccc(CN)cc12)c1ccc2c(c1)OCO2. The van der Waals surface area contributed by atoms with Crippen LogP contribution in [-0.4, -0.2) is 37.3 Å². The number of benzene rings is 2. The smallest absolute Gasteiger partial charge is 0.253 e. The minimum Gasteiger partial charge on any atom is -0.492 e. The molecular formula is C23H24N2O4. The van der Waals surface area contributed by atoms with E-state index in [1.807, 2.05) is 35.2 Å². The van der Waals surface area contributed by atoms with E-state index in [4.69, 9.17) is 19.9 Å². The average molecular weight is 392 g/mol. The van der Waals surface area contributed by atoms with Crippen molar-refractivity contribution in [2.24, 2.45) is 5.73 Å². The van der Waals surface area contributed by atoms with Crippen molar-refractivity contribution in [2.45, 2.75) is 24.8 Å². The van der Waals surface area contributed by atoms with E-state index >= 15 is 0 Å². The van der Waals surface area contributed by atoms with Crippen LogP contribution < -0.4 is 19.9 Å². The highest BCUT2D eigenvalue weighted by Gasteiger charge is 2.44. The Hall–Kier alpha value is -2.99. The van der Waals surface area contributed by atoms with Crippen molar-refractivity contribution < 1.29 is 19.0 Å². The Labute approximate surface area is 169 Å². The summed E-state index contributed by atoms with van der Waals surface area (Å²) in [4.78, 5) is 14.9. The van der Waals surface area contributed by atoms with Crippen LogP contribution in [0.4, 0.5) is 0 Å². The molecule has 1 saturated heterocycles. The largest absolute Gasteiger partial charge is 0.492 e. The predicted molar refractivity (Wildman–Crippen MR) is 109 cm³/mol. The molecule has 2 aromatic carbocycles. The minimum atomic E-state index is -0.0337. The first-order valence-corrected chi connectivity index (χ1v) is 9.94. The topological polar surface area (TPSA) is 74.0 Å². The van der Waals surface area contributed by atoms with Crippen molar-refractivity contribution in [1.29, 1.82) is 0 Å². The number of carbonyl (C=O) groups is 1. The Morgan fingerprint density at radius 2 is 1.79 bits per heavy atom. The fraction of sp³-hybridized carbons (Fsp3) is 0.348. The van der Waals surface area contributed by atoms with Crippen LogP contribution in [0, 0.1) is 0 Å². The number of amides is 1. The summed E-state index contributed by atoms with van der Waals surface area (Å²) in [7, 11) is 0. The Morgan fingerprint density at radius 3 is 2.59 bits per heavy atom. The molecule has 0 aromatic heterocycles. The Bertz CT molecular complexity index is 992. The predicted octanol–water partition coefficient (Wildman–Crippen LogP) is 2.84. The van der Waals surface area contributed by atoms with Crippen LogP contribution in [0.1, 0.15) is 29.5 Å². The Kier molecular flexibility index (Phi) is 4.24. The second kappa shape index (κ2) is 6.81. The van der Waals surface area contributed by atoms with Crippen molar-refractivity contribution >= 4 is 11.5 Å². The van der Waals surface area contributed by atoms with Crippen LogP contribution in [0.3, 0.4) is 0 Å². The van der Waals surface area contributed by atoms with Crippen LogP contribution in [0.25, 0.3) is 5.57 Å². The zero-order valence-electron chi connectivity index (χ0n) is 16.3. The van der Waals surface area contributed by atoms with Crippen LogP contribution >= 0.6 is 0 Å². The van der Waals surface area contributed by atoms with Crippen molar-refractivity contribution in [3.63, 3.8) is 0 Å². The van der Waals surface area contributed by atoms with E-state index in [1.165, 1.54) is 5.56 Å². The molecule has 0 unspecified atom stereocenters. The summed E-state index contributed by atoms with van der Waals surface area (Å²) in [6.45, 7) is 6.80. The summed E-state index contributed by atoms with van der Waals surface area (Å²) in [5.41, 5.74) is 9.39. The Balaban J connectivity index is 1.30. The van der Waals surface area contributed by atoms with Crippen molar-refractivity contribution in [2.75, 3.05) is 26.5 Å². The lowest BCUT2D eigenvalue weighted by Gasteiger charge is -2.39. The molecule has 2 N–H and O–H groups in total. The number of carbonyl (C=O) groups excluding carboxylic acids is 1. The van der Waals surface area contributed by atoms with Gasteiger partial charge >= 0.3 is 0 Å².